The van der Waals surface area contributed by atoms with E-state index in [0.29, 0.717) is 33.6 Å². The van der Waals surface area contributed by atoms with E-state index in [4.69, 9.17) is 15.7 Å². The van der Waals surface area contributed by atoms with Crippen LogP contribution >= 0.6 is 0 Å². The molecule has 2 N–H and O–H groups in total. The number of aromatic nitrogens is 4. The minimum Gasteiger partial charge on any atom is -0.405 e. The van der Waals surface area contributed by atoms with Gasteiger partial charge in [0.15, 0.2) is 5.75 Å². The van der Waals surface area contributed by atoms with Gasteiger partial charge in [0.05, 0.1) is 36.1 Å². The minimum absolute atomic E-state index is 0.0997. The number of nitrogens with two attached hydrogens (primary N) is 1. The van der Waals surface area contributed by atoms with Crippen LogP contribution in [0, 0.1) is 11.3 Å². The van der Waals surface area contributed by atoms with E-state index in [-0.39, 0.29) is 30.3 Å². The molecule has 0 aliphatic carbocycles. The van der Waals surface area contributed by atoms with Crippen molar-refractivity contribution in [3.05, 3.63) is 72.1 Å². The van der Waals surface area contributed by atoms with Gasteiger partial charge < -0.3 is 15.4 Å². The second kappa shape index (κ2) is 7.90. The summed E-state index contributed by atoms with van der Waals surface area (Å²) in [6.07, 6.45) is 2.34. The van der Waals surface area contributed by atoms with Crippen molar-refractivity contribution in [1.29, 1.82) is 5.26 Å². The van der Waals surface area contributed by atoms with Crippen molar-refractivity contribution in [3.63, 3.8) is 0 Å². The third-order valence-electron chi connectivity index (χ3n) is 5.74. The van der Waals surface area contributed by atoms with Crippen LogP contribution in [-0.4, -0.2) is 43.0 Å². The number of nitrogen functional groups attached to an aromatic ring is 1. The molecule has 0 spiro atoms. The van der Waals surface area contributed by atoms with Crippen LogP contribution in [0.1, 0.15) is 15.9 Å². The van der Waals surface area contributed by atoms with Crippen molar-refractivity contribution in [2.75, 3.05) is 12.3 Å². The number of anilines is 1. The molecule has 0 bridgehead atoms. The standard InChI is InChI=1S/C24H19N7O3/c1-14(9-25)12-30-13-17-16(7-8-18(26)21(17)23(30)32)22-20(11-27-29(22)2)34-24(33)31-19-6-4-3-5-15(19)10-28-31/h3-8,10-11H,1,12-13,26H2,2H3. The molecule has 0 unspecified atom stereocenters. The molecule has 2 aromatic heterocycles. The average molecular weight is 453 g/mol. The minimum atomic E-state index is -0.689. The Hall–Kier alpha value is -4.91. The lowest BCUT2D eigenvalue weighted by Gasteiger charge is -2.14. The van der Waals surface area contributed by atoms with E-state index in [0.717, 1.165) is 5.39 Å². The molecule has 4 aromatic rings. The molecule has 0 radical (unpaired) electrons. The Bertz CT molecular complexity index is 1540. The number of ether oxygens (including phenoxy) is 1. The lowest BCUT2D eigenvalue weighted by Crippen LogP contribution is -2.26. The molecular formula is C24H19N7O3. The molecule has 0 saturated carbocycles. The van der Waals surface area contributed by atoms with Crippen molar-refractivity contribution >= 4 is 28.6 Å². The Kier molecular flexibility index (Phi) is 4.87. The number of hydrogen-bond donors (Lipinski definition) is 1. The number of para-hydroxylation sites is 1. The van der Waals surface area contributed by atoms with Crippen LogP contribution in [0.4, 0.5) is 10.5 Å². The number of carbonyl (C=O) groups excluding carboxylic acids is 2. The first-order valence-corrected chi connectivity index (χ1v) is 10.3. The van der Waals surface area contributed by atoms with E-state index in [1.54, 1.807) is 36.1 Å². The number of hydrogen-bond acceptors (Lipinski definition) is 7. The Morgan fingerprint density at radius 1 is 1.24 bits per heavy atom. The molecule has 34 heavy (non-hydrogen) atoms. The van der Waals surface area contributed by atoms with Crippen LogP contribution in [0.5, 0.6) is 5.75 Å². The number of nitrogens with zero attached hydrogens (tertiary/aromatic N) is 6. The van der Waals surface area contributed by atoms with E-state index < -0.39 is 6.09 Å². The molecule has 1 amide bonds. The predicted molar refractivity (Wildman–Crippen MR) is 124 cm³/mol. The number of fused-ring (bicyclic) bond motifs is 2. The molecule has 10 nitrogen and oxygen atoms in total. The van der Waals surface area contributed by atoms with Gasteiger partial charge in [-0.3, -0.25) is 9.48 Å². The van der Waals surface area contributed by atoms with Crippen molar-refractivity contribution in [1.82, 2.24) is 24.5 Å². The molecule has 0 atom stereocenters. The van der Waals surface area contributed by atoms with Crippen molar-refractivity contribution < 1.29 is 14.3 Å². The van der Waals surface area contributed by atoms with Crippen LogP contribution in [0.3, 0.4) is 0 Å². The van der Waals surface area contributed by atoms with Gasteiger partial charge >= 0.3 is 6.09 Å². The molecule has 3 heterocycles. The van der Waals surface area contributed by atoms with Gasteiger partial charge in [0.1, 0.15) is 5.69 Å². The molecular weight excluding hydrogens is 434 g/mol. The fourth-order valence-corrected chi connectivity index (χ4v) is 4.17. The van der Waals surface area contributed by atoms with Gasteiger partial charge in [-0.25, -0.2) is 4.79 Å². The summed E-state index contributed by atoms with van der Waals surface area (Å²) in [5, 5.41) is 18.3. The molecule has 0 saturated heterocycles. The molecule has 5 rings (SSSR count). The van der Waals surface area contributed by atoms with Gasteiger partial charge in [0, 0.05) is 35.8 Å². The normalized spacial score (nSPS) is 12.6. The highest BCUT2D eigenvalue weighted by Gasteiger charge is 2.33. The summed E-state index contributed by atoms with van der Waals surface area (Å²) in [6.45, 7) is 4.00. The van der Waals surface area contributed by atoms with E-state index in [1.165, 1.54) is 15.8 Å². The van der Waals surface area contributed by atoms with Crippen molar-refractivity contribution in [2.45, 2.75) is 6.54 Å². The largest absolute Gasteiger partial charge is 0.440 e. The molecule has 168 valence electrons. The maximum absolute atomic E-state index is 13.0. The summed E-state index contributed by atoms with van der Waals surface area (Å²) in [4.78, 5) is 27.4. The Labute approximate surface area is 194 Å². The highest BCUT2D eigenvalue weighted by Crippen LogP contribution is 2.39. The number of carbonyl (C=O) groups is 2. The second-order valence-electron chi connectivity index (χ2n) is 7.90. The average Bonchev–Trinajstić information content (AvgIpc) is 3.51. The molecule has 2 aromatic carbocycles. The lowest BCUT2D eigenvalue weighted by atomic mass is 9.99. The SMILES string of the molecule is C=C(C#N)CN1Cc2c(-c3c(OC(=O)n4ncc5ccccc54)cnn3C)ccc(N)c2C1=O. The summed E-state index contributed by atoms with van der Waals surface area (Å²) in [6, 6.07) is 12.7. The maximum Gasteiger partial charge on any atom is 0.440 e. The topological polar surface area (TPSA) is 132 Å². The lowest BCUT2D eigenvalue weighted by molar-refractivity contribution is 0.0794. The highest BCUT2D eigenvalue weighted by molar-refractivity contribution is 6.05. The number of nitriles is 1. The molecule has 1 aliphatic heterocycles. The smallest absolute Gasteiger partial charge is 0.405 e. The van der Waals surface area contributed by atoms with Gasteiger partial charge in [-0.05, 0) is 17.7 Å². The van der Waals surface area contributed by atoms with E-state index in [2.05, 4.69) is 16.8 Å². The molecule has 0 fully saturated rings. The summed E-state index contributed by atoms with van der Waals surface area (Å²) in [5.74, 6) is -0.0686. The van der Waals surface area contributed by atoms with Gasteiger partial charge in [0.25, 0.3) is 5.91 Å². The Morgan fingerprint density at radius 2 is 2.03 bits per heavy atom. The van der Waals surface area contributed by atoms with Crippen molar-refractivity contribution in [3.8, 4) is 23.1 Å². The van der Waals surface area contributed by atoms with Gasteiger partial charge in [-0.2, -0.15) is 20.1 Å². The van der Waals surface area contributed by atoms with Crippen LogP contribution in [0.25, 0.3) is 22.2 Å². The first-order valence-electron chi connectivity index (χ1n) is 10.3. The number of amides is 1. The zero-order valence-corrected chi connectivity index (χ0v) is 18.2. The van der Waals surface area contributed by atoms with Crippen LogP contribution in [0.2, 0.25) is 0 Å². The summed E-state index contributed by atoms with van der Waals surface area (Å²) >= 11 is 0. The highest BCUT2D eigenvalue weighted by atomic mass is 16.6. The zero-order valence-electron chi connectivity index (χ0n) is 18.2. The van der Waals surface area contributed by atoms with Crippen LogP contribution in [-0.2, 0) is 13.6 Å². The summed E-state index contributed by atoms with van der Waals surface area (Å²) in [5.41, 5.74) is 9.53. The number of benzene rings is 2. The third-order valence-corrected chi connectivity index (χ3v) is 5.74. The fraction of sp³-hybridized carbons (Fsp3) is 0.125. The predicted octanol–water partition coefficient (Wildman–Crippen LogP) is 3.10. The zero-order chi connectivity index (χ0) is 24.0. The summed E-state index contributed by atoms with van der Waals surface area (Å²) < 4.78 is 8.44. The van der Waals surface area contributed by atoms with Crippen LogP contribution in [0.15, 0.2) is 60.9 Å². The van der Waals surface area contributed by atoms with Gasteiger partial charge in [-0.15, -0.1) is 0 Å². The Balaban J connectivity index is 1.53. The fourth-order valence-electron chi connectivity index (χ4n) is 4.17. The van der Waals surface area contributed by atoms with E-state index >= 15 is 0 Å². The van der Waals surface area contributed by atoms with E-state index in [9.17, 15) is 9.59 Å². The Morgan fingerprint density at radius 3 is 2.82 bits per heavy atom. The first-order chi connectivity index (χ1) is 16.4. The monoisotopic (exact) mass is 453 g/mol. The van der Waals surface area contributed by atoms with Gasteiger partial charge in [-0.1, -0.05) is 30.8 Å². The van der Waals surface area contributed by atoms with Crippen LogP contribution < -0.4 is 10.5 Å². The maximum atomic E-state index is 13.0. The van der Waals surface area contributed by atoms with Crippen molar-refractivity contribution in [2.24, 2.45) is 7.05 Å². The third kappa shape index (κ3) is 3.27. The number of rotatable bonds is 4. The number of aryl methyl sites for hydroxylation is 1. The molecule has 10 heteroatoms. The summed E-state index contributed by atoms with van der Waals surface area (Å²) in [7, 11) is 1.71. The molecule has 1 aliphatic rings. The van der Waals surface area contributed by atoms with Gasteiger partial charge in [0.2, 0.25) is 0 Å². The van der Waals surface area contributed by atoms with E-state index in [1.807, 2.05) is 24.3 Å². The first kappa shape index (κ1) is 21.0. The quantitative estimate of drug-likeness (QED) is 0.371. The second-order valence-corrected chi connectivity index (χ2v) is 7.90.